The lowest BCUT2D eigenvalue weighted by Gasteiger charge is -2.33. The number of rotatable bonds is 12. The van der Waals surface area contributed by atoms with E-state index in [0.717, 1.165) is 28.6 Å². The Morgan fingerprint density at radius 1 is 1.00 bits per heavy atom. The first-order chi connectivity index (χ1) is 18.6. The molecule has 3 rings (SSSR count). The molecule has 0 aliphatic heterocycles. The summed E-state index contributed by atoms with van der Waals surface area (Å²) < 4.78 is 47.5. The number of hydrogen-bond donors (Lipinski definition) is 1. The number of amides is 2. The van der Waals surface area contributed by atoms with E-state index in [0.29, 0.717) is 22.9 Å². The molecule has 0 bridgehead atoms. The molecule has 1 N–H and O–H groups in total. The molecule has 3 aromatic carbocycles. The molecule has 0 spiro atoms. The summed E-state index contributed by atoms with van der Waals surface area (Å²) in [6, 6.07) is 16.6. The minimum atomic E-state index is -4.31. The zero-order valence-corrected chi connectivity index (χ0v) is 23.5. The second-order valence-corrected chi connectivity index (χ2v) is 10.8. The molecule has 1 atom stereocenters. The van der Waals surface area contributed by atoms with Gasteiger partial charge in [-0.2, -0.15) is 0 Å². The number of hydrogen-bond acceptors (Lipinski definition) is 5. The minimum absolute atomic E-state index is 0.0157. The number of anilines is 1. The number of likely N-dealkylation sites (N-methyl/N-ethyl adjacent to an activating group) is 1. The van der Waals surface area contributed by atoms with Gasteiger partial charge >= 0.3 is 0 Å². The smallest absolute Gasteiger partial charge is 0.264 e. The molecule has 208 valence electrons. The van der Waals surface area contributed by atoms with E-state index >= 15 is 0 Å². The van der Waals surface area contributed by atoms with Gasteiger partial charge in [-0.15, -0.1) is 0 Å². The standard InChI is InChI=1S/C28H31ClFN3O5S/c1-4-26(28(35)31-3)32(18-20-8-6-7-9-25(20)29)27(34)19-33(22-12-14-23(15-13-22)38-5-2)39(36,37)24-16-10-21(30)11-17-24/h6-17,26H,4-5,18-19H2,1-3H3,(H,31,35)/t26-/m0/s1. The highest BCUT2D eigenvalue weighted by Crippen LogP contribution is 2.27. The van der Waals surface area contributed by atoms with Crippen molar-refractivity contribution in [2.24, 2.45) is 0 Å². The molecule has 0 radical (unpaired) electrons. The second-order valence-electron chi connectivity index (χ2n) is 8.54. The largest absolute Gasteiger partial charge is 0.494 e. The number of ether oxygens (including phenoxy) is 1. The van der Waals surface area contributed by atoms with Crippen LogP contribution in [-0.4, -0.2) is 51.4 Å². The van der Waals surface area contributed by atoms with Crippen LogP contribution in [0.25, 0.3) is 0 Å². The fourth-order valence-corrected chi connectivity index (χ4v) is 5.64. The SMILES string of the molecule is CCOc1ccc(N(CC(=O)N(Cc2ccccc2Cl)[C@@H](CC)C(=O)NC)S(=O)(=O)c2ccc(F)cc2)cc1. The van der Waals surface area contributed by atoms with Gasteiger partial charge in [0.1, 0.15) is 24.2 Å². The molecule has 0 saturated carbocycles. The van der Waals surface area contributed by atoms with Crippen LogP contribution in [0.2, 0.25) is 5.02 Å². The maximum Gasteiger partial charge on any atom is 0.264 e. The summed E-state index contributed by atoms with van der Waals surface area (Å²) in [5.74, 6) is -1.09. The number of carbonyl (C=O) groups excluding carboxylic acids is 2. The summed E-state index contributed by atoms with van der Waals surface area (Å²) >= 11 is 6.35. The molecule has 2 amide bonds. The van der Waals surface area contributed by atoms with Gasteiger partial charge in [0.2, 0.25) is 11.8 Å². The van der Waals surface area contributed by atoms with Crippen LogP contribution in [0.4, 0.5) is 10.1 Å². The van der Waals surface area contributed by atoms with Crippen molar-refractivity contribution in [3.8, 4) is 5.75 Å². The van der Waals surface area contributed by atoms with E-state index in [-0.39, 0.29) is 23.5 Å². The predicted octanol–water partition coefficient (Wildman–Crippen LogP) is 4.63. The highest BCUT2D eigenvalue weighted by molar-refractivity contribution is 7.92. The third-order valence-electron chi connectivity index (χ3n) is 6.05. The molecule has 3 aromatic rings. The van der Waals surface area contributed by atoms with Crippen LogP contribution in [0.3, 0.4) is 0 Å². The van der Waals surface area contributed by atoms with E-state index in [1.807, 2.05) is 6.92 Å². The van der Waals surface area contributed by atoms with Crippen LogP contribution in [-0.2, 0) is 26.2 Å². The molecule has 0 heterocycles. The Kier molecular flexibility index (Phi) is 10.3. The lowest BCUT2D eigenvalue weighted by molar-refractivity contribution is -0.140. The summed E-state index contributed by atoms with van der Waals surface area (Å²) in [5, 5.41) is 2.98. The quantitative estimate of drug-likeness (QED) is 0.340. The van der Waals surface area contributed by atoms with Crippen LogP contribution in [0.5, 0.6) is 5.75 Å². The molecular weight excluding hydrogens is 545 g/mol. The Morgan fingerprint density at radius 3 is 2.21 bits per heavy atom. The Labute approximate surface area is 233 Å². The molecule has 0 fully saturated rings. The molecular formula is C28H31ClFN3O5S. The van der Waals surface area contributed by atoms with Gasteiger partial charge in [0, 0.05) is 18.6 Å². The Bertz CT molecular complexity index is 1390. The molecule has 0 aromatic heterocycles. The van der Waals surface area contributed by atoms with Crippen molar-refractivity contribution < 1.29 is 27.1 Å². The predicted molar refractivity (Wildman–Crippen MR) is 149 cm³/mol. The number of sulfonamides is 1. The number of carbonyl (C=O) groups is 2. The third kappa shape index (κ3) is 7.27. The van der Waals surface area contributed by atoms with E-state index in [4.69, 9.17) is 16.3 Å². The fourth-order valence-electron chi connectivity index (χ4n) is 4.03. The van der Waals surface area contributed by atoms with Crippen molar-refractivity contribution in [3.63, 3.8) is 0 Å². The Morgan fingerprint density at radius 2 is 1.64 bits per heavy atom. The average molecular weight is 576 g/mol. The normalized spacial score (nSPS) is 11.9. The van der Waals surface area contributed by atoms with Gasteiger partial charge in [0.15, 0.2) is 0 Å². The first-order valence-electron chi connectivity index (χ1n) is 12.4. The van der Waals surface area contributed by atoms with Gasteiger partial charge in [0.05, 0.1) is 17.2 Å². The lowest BCUT2D eigenvalue weighted by Crippen LogP contribution is -2.51. The van der Waals surface area contributed by atoms with E-state index in [2.05, 4.69) is 5.32 Å². The monoisotopic (exact) mass is 575 g/mol. The maximum atomic E-state index is 13.9. The lowest BCUT2D eigenvalue weighted by atomic mass is 10.1. The Hall–Kier alpha value is -3.63. The average Bonchev–Trinajstić information content (AvgIpc) is 2.93. The molecule has 39 heavy (non-hydrogen) atoms. The van der Waals surface area contributed by atoms with Crippen molar-refractivity contribution in [2.45, 2.75) is 37.8 Å². The van der Waals surface area contributed by atoms with Crippen LogP contribution in [0.1, 0.15) is 25.8 Å². The number of nitrogens with zero attached hydrogens (tertiary/aromatic N) is 2. The number of nitrogens with one attached hydrogen (secondary N) is 1. The van der Waals surface area contributed by atoms with Gasteiger partial charge in [-0.25, -0.2) is 12.8 Å². The van der Waals surface area contributed by atoms with Crippen molar-refractivity contribution >= 4 is 39.1 Å². The second kappa shape index (κ2) is 13.4. The molecule has 0 aliphatic carbocycles. The summed E-state index contributed by atoms with van der Waals surface area (Å²) in [4.78, 5) is 27.8. The maximum absolute atomic E-state index is 13.9. The number of benzene rings is 3. The topological polar surface area (TPSA) is 96.0 Å². The van der Waals surface area contributed by atoms with E-state index in [1.54, 1.807) is 43.3 Å². The van der Waals surface area contributed by atoms with Crippen LogP contribution >= 0.6 is 11.6 Å². The van der Waals surface area contributed by atoms with Gasteiger partial charge < -0.3 is 15.0 Å². The fraction of sp³-hybridized carbons (Fsp3) is 0.286. The van der Waals surface area contributed by atoms with Crippen molar-refractivity contribution in [3.05, 3.63) is 89.2 Å². The van der Waals surface area contributed by atoms with Crippen molar-refractivity contribution in [2.75, 3.05) is 24.5 Å². The zero-order valence-electron chi connectivity index (χ0n) is 21.9. The first kappa shape index (κ1) is 29.9. The zero-order chi connectivity index (χ0) is 28.6. The van der Waals surface area contributed by atoms with E-state index in [9.17, 15) is 22.4 Å². The van der Waals surface area contributed by atoms with Crippen LogP contribution in [0, 0.1) is 5.82 Å². The van der Waals surface area contributed by atoms with Crippen molar-refractivity contribution in [1.82, 2.24) is 10.2 Å². The highest BCUT2D eigenvalue weighted by atomic mass is 35.5. The molecule has 11 heteroatoms. The Balaban J connectivity index is 2.07. The van der Waals surface area contributed by atoms with Gasteiger partial charge in [-0.1, -0.05) is 36.7 Å². The summed E-state index contributed by atoms with van der Waals surface area (Å²) in [5.41, 5.74) is 0.797. The number of halogens is 2. The van der Waals surface area contributed by atoms with E-state index < -0.39 is 40.2 Å². The van der Waals surface area contributed by atoms with E-state index in [1.165, 1.54) is 24.1 Å². The van der Waals surface area contributed by atoms with Crippen LogP contribution < -0.4 is 14.4 Å². The minimum Gasteiger partial charge on any atom is -0.494 e. The van der Waals surface area contributed by atoms with Crippen molar-refractivity contribution in [1.29, 1.82) is 0 Å². The molecule has 0 unspecified atom stereocenters. The molecule has 0 saturated heterocycles. The van der Waals surface area contributed by atoms with Gasteiger partial charge in [0.25, 0.3) is 10.0 Å². The first-order valence-corrected chi connectivity index (χ1v) is 14.2. The molecule has 0 aliphatic rings. The highest BCUT2D eigenvalue weighted by Gasteiger charge is 2.33. The summed E-state index contributed by atoms with van der Waals surface area (Å²) in [6.45, 7) is 3.36. The molecule has 8 nitrogen and oxygen atoms in total. The third-order valence-corrected chi connectivity index (χ3v) is 8.20. The van der Waals surface area contributed by atoms with Crippen LogP contribution in [0.15, 0.2) is 77.7 Å². The summed E-state index contributed by atoms with van der Waals surface area (Å²) in [6.07, 6.45) is 0.281. The van der Waals surface area contributed by atoms with Gasteiger partial charge in [-0.3, -0.25) is 13.9 Å². The summed E-state index contributed by atoms with van der Waals surface area (Å²) in [7, 11) is -2.85. The van der Waals surface area contributed by atoms with Gasteiger partial charge in [-0.05, 0) is 73.5 Å².